The molecule has 2 rings (SSSR count). The number of nitrogens with zero attached hydrogens (tertiary/aromatic N) is 1. The Morgan fingerprint density at radius 2 is 1.92 bits per heavy atom. The highest BCUT2D eigenvalue weighted by atomic mass is 16.5. The number of hydrogen-bond acceptors (Lipinski definition) is 2. The van der Waals surface area contributed by atoms with Crippen molar-refractivity contribution in [3.8, 4) is 0 Å². The fourth-order valence-corrected chi connectivity index (χ4v) is 2.75. The number of aromatic nitrogens is 1. The van der Waals surface area contributed by atoms with Crippen LogP contribution in [0.15, 0.2) is 55.6 Å². The average Bonchev–Trinajstić information content (AvgIpc) is 2.94. The minimum atomic E-state index is -0.429. The van der Waals surface area contributed by atoms with Crippen molar-refractivity contribution >= 4 is 30.4 Å². The maximum atomic E-state index is 12.8. The van der Waals surface area contributed by atoms with E-state index in [1.807, 2.05) is 68.5 Å². The molecule has 0 unspecified atom stereocenters. The largest absolute Gasteiger partial charge is 0.444 e. The lowest BCUT2D eigenvalue weighted by Crippen LogP contribution is -2.34. The van der Waals surface area contributed by atoms with Crippen molar-refractivity contribution in [1.29, 1.82) is 0 Å². The molecule has 2 aromatic rings. The summed E-state index contributed by atoms with van der Waals surface area (Å²) in [6, 6.07) is 9.61. The van der Waals surface area contributed by atoms with Crippen molar-refractivity contribution in [2.45, 2.75) is 20.5 Å². The molecule has 3 heteroatoms. The zero-order valence-corrected chi connectivity index (χ0v) is 14.7. The molecule has 3 nitrogen and oxygen atoms in total. The summed E-state index contributed by atoms with van der Waals surface area (Å²) >= 11 is 0. The van der Waals surface area contributed by atoms with E-state index in [2.05, 4.69) is 13.2 Å². The molecule has 0 spiro atoms. The predicted octanol–water partition coefficient (Wildman–Crippen LogP) is 4.12. The molecule has 0 atom stereocenters. The summed E-state index contributed by atoms with van der Waals surface area (Å²) in [6.07, 6.45) is 10.6. The first-order valence-electron chi connectivity index (χ1n) is 8.17. The summed E-state index contributed by atoms with van der Waals surface area (Å²) in [4.78, 5) is 12.8. The van der Waals surface area contributed by atoms with Crippen LogP contribution < -0.4 is 10.6 Å². The summed E-state index contributed by atoms with van der Waals surface area (Å²) in [5, 5.41) is 1.68. The third-order valence-electron chi connectivity index (χ3n) is 3.80. The Morgan fingerprint density at radius 1 is 1.20 bits per heavy atom. The van der Waals surface area contributed by atoms with Crippen LogP contribution in [0.1, 0.15) is 30.7 Å². The van der Waals surface area contributed by atoms with Crippen molar-refractivity contribution in [3.05, 3.63) is 83.0 Å². The zero-order chi connectivity index (χ0) is 18.2. The van der Waals surface area contributed by atoms with E-state index in [4.69, 9.17) is 4.74 Å². The molecule has 0 N–H and O–H groups in total. The van der Waals surface area contributed by atoms with Gasteiger partial charge in [0.2, 0.25) is 0 Å². The van der Waals surface area contributed by atoms with E-state index in [1.54, 1.807) is 16.7 Å². The van der Waals surface area contributed by atoms with Crippen LogP contribution in [0.5, 0.6) is 0 Å². The average molecular weight is 333 g/mol. The number of carbonyl (C=O) groups excluding carboxylic acids is 1. The molecular formula is C22H23NO2. The number of allylic oxidation sites excluding steroid dienone is 2. The number of carbonyl (C=O) groups is 1. The minimum Gasteiger partial charge on any atom is -0.444 e. The lowest BCUT2D eigenvalue weighted by atomic mass is 10.1. The molecule has 0 saturated heterocycles. The summed E-state index contributed by atoms with van der Waals surface area (Å²) in [6.45, 7) is 11.7. The van der Waals surface area contributed by atoms with Crippen molar-refractivity contribution < 1.29 is 9.53 Å². The predicted molar refractivity (Wildman–Crippen MR) is 105 cm³/mol. The molecule has 0 fully saturated rings. The molecular weight excluding hydrogens is 310 g/mol. The Kier molecular flexibility index (Phi) is 6.35. The van der Waals surface area contributed by atoms with Crippen LogP contribution in [-0.2, 0) is 11.3 Å². The van der Waals surface area contributed by atoms with E-state index in [1.165, 1.54) is 0 Å². The standard InChI is InChI=1S/C22H23NO2/c1-5-12-18-19(13-6-2)21(8-4)23(20(18)7-3)22(24)25-16-17-14-10-9-11-15-17/h5-15H,1,4,16H2,2-3H3/b13-6-,18-12-,20-7+. The van der Waals surface area contributed by atoms with Crippen LogP contribution in [0.3, 0.4) is 0 Å². The number of rotatable bonds is 5. The van der Waals surface area contributed by atoms with Gasteiger partial charge in [-0.1, -0.05) is 73.9 Å². The van der Waals surface area contributed by atoms with Gasteiger partial charge in [-0.2, -0.15) is 0 Å². The lowest BCUT2D eigenvalue weighted by molar-refractivity contribution is 0.140. The number of ether oxygens (including phenoxy) is 1. The van der Waals surface area contributed by atoms with E-state index in [9.17, 15) is 4.79 Å². The molecule has 0 amide bonds. The summed E-state index contributed by atoms with van der Waals surface area (Å²) in [5.74, 6) is 0. The van der Waals surface area contributed by atoms with E-state index < -0.39 is 6.09 Å². The van der Waals surface area contributed by atoms with Gasteiger partial charge in [-0.3, -0.25) is 0 Å². The molecule has 0 aliphatic heterocycles. The van der Waals surface area contributed by atoms with Gasteiger partial charge in [0.25, 0.3) is 0 Å². The van der Waals surface area contributed by atoms with Gasteiger partial charge in [0, 0.05) is 10.8 Å². The number of benzene rings is 1. The molecule has 128 valence electrons. The van der Waals surface area contributed by atoms with Crippen molar-refractivity contribution in [1.82, 2.24) is 4.57 Å². The minimum absolute atomic E-state index is 0.219. The van der Waals surface area contributed by atoms with Gasteiger partial charge in [0.15, 0.2) is 0 Å². The second-order valence-electron chi connectivity index (χ2n) is 5.37. The van der Waals surface area contributed by atoms with E-state index in [-0.39, 0.29) is 6.61 Å². The molecule has 25 heavy (non-hydrogen) atoms. The molecule has 0 saturated carbocycles. The van der Waals surface area contributed by atoms with Gasteiger partial charge in [-0.15, -0.1) is 0 Å². The van der Waals surface area contributed by atoms with Crippen LogP contribution >= 0.6 is 0 Å². The Labute approximate surface area is 148 Å². The third kappa shape index (κ3) is 3.89. The monoisotopic (exact) mass is 333 g/mol. The second-order valence-corrected chi connectivity index (χ2v) is 5.37. The molecule has 0 radical (unpaired) electrons. The number of hydrogen-bond donors (Lipinski definition) is 0. The van der Waals surface area contributed by atoms with E-state index >= 15 is 0 Å². The van der Waals surface area contributed by atoms with Gasteiger partial charge >= 0.3 is 6.09 Å². The van der Waals surface area contributed by atoms with E-state index in [0.29, 0.717) is 5.69 Å². The molecule has 1 aromatic heterocycles. The Bertz CT molecular complexity index is 915. The van der Waals surface area contributed by atoms with Gasteiger partial charge in [-0.05, 0) is 25.5 Å². The first-order chi connectivity index (χ1) is 12.2. The summed E-state index contributed by atoms with van der Waals surface area (Å²) in [5.41, 5.74) is 2.57. The topological polar surface area (TPSA) is 31.2 Å². The van der Waals surface area contributed by atoms with Crippen LogP contribution in [0.25, 0.3) is 24.3 Å². The SMILES string of the molecule is C=C/C=c1/c(/C=C\C)c(C=C)n(C(=O)OCc2ccccc2)/c1=C/C. The maximum Gasteiger partial charge on any atom is 0.419 e. The normalized spacial score (nSPS) is 12.6. The van der Waals surface area contributed by atoms with Gasteiger partial charge in [0.1, 0.15) is 6.61 Å². The fourth-order valence-electron chi connectivity index (χ4n) is 2.75. The first-order valence-corrected chi connectivity index (χ1v) is 8.17. The molecule has 0 bridgehead atoms. The second kappa shape index (κ2) is 8.69. The smallest absolute Gasteiger partial charge is 0.419 e. The summed E-state index contributed by atoms with van der Waals surface area (Å²) < 4.78 is 7.07. The van der Waals surface area contributed by atoms with Crippen LogP contribution in [0.2, 0.25) is 0 Å². The highest BCUT2D eigenvalue weighted by molar-refractivity contribution is 5.79. The molecule has 1 aromatic carbocycles. The van der Waals surface area contributed by atoms with Crippen molar-refractivity contribution in [3.63, 3.8) is 0 Å². The molecule has 0 aliphatic carbocycles. The van der Waals surface area contributed by atoms with Gasteiger partial charge < -0.3 is 4.74 Å². The molecule has 0 aliphatic rings. The van der Waals surface area contributed by atoms with Crippen LogP contribution in [0.4, 0.5) is 4.79 Å². The first kappa shape index (κ1) is 18.3. The lowest BCUT2D eigenvalue weighted by Gasteiger charge is -2.08. The zero-order valence-electron chi connectivity index (χ0n) is 14.7. The maximum absolute atomic E-state index is 12.8. The Hall–Kier alpha value is -3.07. The van der Waals surface area contributed by atoms with E-state index in [0.717, 1.165) is 21.7 Å². The van der Waals surface area contributed by atoms with Crippen LogP contribution in [0, 0.1) is 0 Å². The highest BCUT2D eigenvalue weighted by Gasteiger charge is 2.17. The summed E-state index contributed by atoms with van der Waals surface area (Å²) in [7, 11) is 0. The van der Waals surface area contributed by atoms with Gasteiger partial charge in [-0.25, -0.2) is 9.36 Å². The van der Waals surface area contributed by atoms with Crippen LogP contribution in [-0.4, -0.2) is 10.7 Å². The molecule has 1 heterocycles. The van der Waals surface area contributed by atoms with Crippen molar-refractivity contribution in [2.24, 2.45) is 0 Å². The Morgan fingerprint density at radius 3 is 2.48 bits per heavy atom. The Balaban J connectivity index is 2.54. The van der Waals surface area contributed by atoms with Gasteiger partial charge in [0.05, 0.1) is 11.0 Å². The highest BCUT2D eigenvalue weighted by Crippen LogP contribution is 2.10. The quantitative estimate of drug-likeness (QED) is 0.824. The third-order valence-corrected chi connectivity index (χ3v) is 3.80. The fraction of sp³-hybridized carbons (Fsp3) is 0.136. The van der Waals surface area contributed by atoms with Crippen molar-refractivity contribution in [2.75, 3.05) is 0 Å².